The Morgan fingerprint density at radius 2 is 2.06 bits per heavy atom. The summed E-state index contributed by atoms with van der Waals surface area (Å²) in [7, 11) is 0. The van der Waals surface area contributed by atoms with Crippen molar-refractivity contribution in [3.63, 3.8) is 0 Å². The van der Waals surface area contributed by atoms with E-state index >= 15 is 0 Å². The number of rotatable bonds is 8. The van der Waals surface area contributed by atoms with Crippen molar-refractivity contribution in [2.75, 3.05) is 44.2 Å². The minimum absolute atomic E-state index is 0. The summed E-state index contributed by atoms with van der Waals surface area (Å²) in [6.45, 7) is 10.1. The Kier molecular flexibility index (Phi) is 9.12. The van der Waals surface area contributed by atoms with Gasteiger partial charge in [-0.3, -0.25) is 0 Å². The molecule has 1 aliphatic heterocycles. The maximum absolute atomic E-state index is 5.80. The molecule has 8 nitrogen and oxygen atoms in total. The van der Waals surface area contributed by atoms with E-state index in [1.54, 1.807) is 0 Å². The summed E-state index contributed by atoms with van der Waals surface area (Å²) in [5.41, 5.74) is 1.12. The van der Waals surface area contributed by atoms with Crippen LogP contribution in [0.1, 0.15) is 38.1 Å². The van der Waals surface area contributed by atoms with E-state index in [9.17, 15) is 0 Å². The van der Waals surface area contributed by atoms with Gasteiger partial charge >= 0.3 is 0 Å². The van der Waals surface area contributed by atoms with Gasteiger partial charge in [0.25, 0.3) is 0 Å². The van der Waals surface area contributed by atoms with E-state index in [-0.39, 0.29) is 24.0 Å². The van der Waals surface area contributed by atoms with Gasteiger partial charge in [0.1, 0.15) is 5.82 Å². The lowest BCUT2D eigenvalue weighted by Gasteiger charge is -2.36. The molecule has 0 radical (unpaired) electrons. The van der Waals surface area contributed by atoms with Crippen molar-refractivity contribution < 1.29 is 4.74 Å². The van der Waals surface area contributed by atoms with Crippen LogP contribution in [0.2, 0.25) is 0 Å². The number of aromatic nitrogens is 3. The van der Waals surface area contributed by atoms with Gasteiger partial charge in [0.2, 0.25) is 11.0 Å². The fourth-order valence-corrected chi connectivity index (χ4v) is 4.13. The first-order valence-corrected chi connectivity index (χ1v) is 11.7. The summed E-state index contributed by atoms with van der Waals surface area (Å²) < 4.78 is 10.2. The van der Waals surface area contributed by atoms with E-state index in [2.05, 4.69) is 43.3 Å². The van der Waals surface area contributed by atoms with Gasteiger partial charge < -0.3 is 19.9 Å². The molecule has 31 heavy (non-hydrogen) atoms. The Bertz CT molecular complexity index is 850. The molecule has 0 atom stereocenters. The fraction of sp³-hybridized carbons (Fsp3) is 0.619. The fourth-order valence-electron chi connectivity index (χ4n) is 3.33. The van der Waals surface area contributed by atoms with Crippen molar-refractivity contribution in [1.29, 1.82) is 0 Å². The zero-order chi connectivity index (χ0) is 20.8. The standard InChI is InChI=1S/C21H31N7OS.HI/c1-3-18-25-21(30-26-18)28-11-9-27(10-12-28)20(22-4-2)24-14-17-7-8-23-19(13-17)29-15-16-5-6-16;/h7-8,13,16H,3-6,9-12,14-15H2,1-2H3,(H,22,24);1H. The van der Waals surface area contributed by atoms with Crippen LogP contribution >= 0.6 is 35.5 Å². The van der Waals surface area contributed by atoms with Crippen LogP contribution in [0.25, 0.3) is 0 Å². The zero-order valence-corrected chi connectivity index (χ0v) is 21.4. The highest BCUT2D eigenvalue weighted by Crippen LogP contribution is 2.29. The van der Waals surface area contributed by atoms with Crippen molar-refractivity contribution in [3.8, 4) is 5.88 Å². The van der Waals surface area contributed by atoms with E-state index < -0.39 is 0 Å². The number of anilines is 1. The Morgan fingerprint density at radius 3 is 2.74 bits per heavy atom. The summed E-state index contributed by atoms with van der Waals surface area (Å²) in [6, 6.07) is 4.02. The van der Waals surface area contributed by atoms with E-state index in [0.717, 1.165) is 74.1 Å². The minimum Gasteiger partial charge on any atom is -0.477 e. The predicted molar refractivity (Wildman–Crippen MR) is 136 cm³/mol. The van der Waals surface area contributed by atoms with E-state index in [1.807, 2.05) is 18.3 Å². The first-order chi connectivity index (χ1) is 14.7. The number of aryl methyl sites for hydroxylation is 1. The van der Waals surface area contributed by atoms with Crippen molar-refractivity contribution in [2.45, 2.75) is 39.7 Å². The molecule has 1 saturated carbocycles. The monoisotopic (exact) mass is 557 g/mol. The lowest BCUT2D eigenvalue weighted by atomic mass is 10.2. The molecule has 0 bridgehead atoms. The molecular formula is C21H32IN7OS. The average Bonchev–Trinajstić information content (AvgIpc) is 3.50. The highest BCUT2D eigenvalue weighted by Gasteiger charge is 2.23. The molecule has 0 unspecified atom stereocenters. The summed E-state index contributed by atoms with van der Waals surface area (Å²) >= 11 is 1.50. The highest BCUT2D eigenvalue weighted by atomic mass is 127. The molecule has 1 N–H and O–H groups in total. The maximum Gasteiger partial charge on any atom is 0.213 e. The van der Waals surface area contributed by atoms with Crippen molar-refractivity contribution in [1.82, 2.24) is 24.6 Å². The zero-order valence-electron chi connectivity index (χ0n) is 18.3. The van der Waals surface area contributed by atoms with Gasteiger partial charge in [-0.15, -0.1) is 24.0 Å². The number of pyridine rings is 1. The average molecular weight is 558 g/mol. The number of nitrogens with zero attached hydrogens (tertiary/aromatic N) is 6. The summed E-state index contributed by atoms with van der Waals surface area (Å²) in [5, 5.41) is 4.47. The Labute approximate surface area is 205 Å². The number of piperazine rings is 1. The predicted octanol–water partition coefficient (Wildman–Crippen LogP) is 3.19. The van der Waals surface area contributed by atoms with Crippen molar-refractivity contribution in [3.05, 3.63) is 29.7 Å². The highest BCUT2D eigenvalue weighted by molar-refractivity contribution is 14.0. The van der Waals surface area contributed by atoms with Crippen molar-refractivity contribution >= 4 is 46.6 Å². The topological polar surface area (TPSA) is 78.8 Å². The summed E-state index contributed by atoms with van der Waals surface area (Å²) in [4.78, 5) is 18.5. The quantitative estimate of drug-likeness (QED) is 0.304. The van der Waals surface area contributed by atoms with E-state index in [4.69, 9.17) is 9.73 Å². The maximum atomic E-state index is 5.80. The van der Waals surface area contributed by atoms with E-state index in [1.165, 1.54) is 24.4 Å². The van der Waals surface area contributed by atoms with E-state index in [0.29, 0.717) is 12.4 Å². The van der Waals surface area contributed by atoms with Gasteiger partial charge in [-0.25, -0.2) is 15.0 Å². The number of aliphatic imine (C=N–C) groups is 1. The number of halogens is 1. The van der Waals surface area contributed by atoms with Gasteiger partial charge in [0.15, 0.2) is 5.96 Å². The second kappa shape index (κ2) is 11.8. The van der Waals surface area contributed by atoms with Crippen LogP contribution in [-0.4, -0.2) is 64.5 Å². The molecule has 2 aromatic rings. The molecule has 1 saturated heterocycles. The lowest BCUT2D eigenvalue weighted by Crippen LogP contribution is -2.52. The molecule has 2 aliphatic rings. The summed E-state index contributed by atoms with van der Waals surface area (Å²) in [5.74, 6) is 3.32. The molecular weight excluding hydrogens is 525 g/mol. The molecule has 1 aliphatic carbocycles. The van der Waals surface area contributed by atoms with Crippen molar-refractivity contribution in [2.24, 2.45) is 10.9 Å². The first-order valence-electron chi connectivity index (χ1n) is 10.9. The van der Waals surface area contributed by atoms with Crippen LogP contribution in [0.4, 0.5) is 5.13 Å². The second-order valence-electron chi connectivity index (χ2n) is 7.75. The van der Waals surface area contributed by atoms with Crippen LogP contribution in [0.15, 0.2) is 23.3 Å². The van der Waals surface area contributed by atoms with Crippen LogP contribution in [0.3, 0.4) is 0 Å². The number of ether oxygens (including phenoxy) is 1. The van der Waals surface area contributed by atoms with Crippen LogP contribution in [0, 0.1) is 5.92 Å². The Morgan fingerprint density at radius 1 is 1.26 bits per heavy atom. The Hall–Kier alpha value is -1.69. The lowest BCUT2D eigenvalue weighted by molar-refractivity contribution is 0.288. The number of nitrogens with one attached hydrogen (secondary N) is 1. The van der Waals surface area contributed by atoms with Gasteiger partial charge in [-0.05, 0) is 37.3 Å². The SMILES string of the molecule is CCNC(=NCc1ccnc(OCC2CC2)c1)N1CCN(c2nc(CC)ns2)CC1.I. The van der Waals surface area contributed by atoms with Crippen LogP contribution < -0.4 is 15.0 Å². The molecule has 2 fully saturated rings. The second-order valence-corrected chi connectivity index (χ2v) is 8.48. The number of hydrogen-bond donors (Lipinski definition) is 1. The van der Waals surface area contributed by atoms with Gasteiger partial charge in [-0.1, -0.05) is 6.92 Å². The molecule has 170 valence electrons. The molecule has 10 heteroatoms. The van der Waals surface area contributed by atoms with Crippen LogP contribution in [0.5, 0.6) is 5.88 Å². The number of hydrogen-bond acceptors (Lipinski definition) is 7. The third kappa shape index (κ3) is 6.90. The van der Waals surface area contributed by atoms with Gasteiger partial charge in [0, 0.05) is 62.9 Å². The molecule has 3 heterocycles. The molecule has 0 amide bonds. The minimum atomic E-state index is 0. The molecule has 2 aromatic heterocycles. The smallest absolute Gasteiger partial charge is 0.213 e. The Balaban J connectivity index is 0.00000272. The molecule has 0 aromatic carbocycles. The number of guanidine groups is 1. The molecule has 0 spiro atoms. The normalized spacial score (nSPS) is 16.8. The largest absolute Gasteiger partial charge is 0.477 e. The molecule has 4 rings (SSSR count). The third-order valence-corrected chi connectivity index (χ3v) is 6.15. The summed E-state index contributed by atoms with van der Waals surface area (Å²) in [6.07, 6.45) is 5.26. The van der Waals surface area contributed by atoms with Crippen LogP contribution in [-0.2, 0) is 13.0 Å². The third-order valence-electron chi connectivity index (χ3n) is 5.33. The van der Waals surface area contributed by atoms with Gasteiger partial charge in [-0.2, -0.15) is 4.37 Å². The first kappa shape index (κ1) is 24.0. The van der Waals surface area contributed by atoms with Gasteiger partial charge in [0.05, 0.1) is 13.2 Å².